The number of rotatable bonds is 7. The summed E-state index contributed by atoms with van der Waals surface area (Å²) in [6.07, 6.45) is 1.54. The number of hydrogen-bond acceptors (Lipinski definition) is 4. The number of nitrogens with zero attached hydrogens (tertiary/aromatic N) is 1. The molecule has 0 bridgehead atoms. The number of oxazole rings is 1. The van der Waals surface area contributed by atoms with Crippen molar-refractivity contribution in [1.29, 1.82) is 0 Å². The van der Waals surface area contributed by atoms with Gasteiger partial charge in [-0.25, -0.2) is 9.18 Å². The Labute approximate surface area is 204 Å². The van der Waals surface area contributed by atoms with Gasteiger partial charge in [0.1, 0.15) is 5.82 Å². The molecule has 1 unspecified atom stereocenters. The summed E-state index contributed by atoms with van der Waals surface area (Å²) in [6.45, 7) is 10.8. The average Bonchev–Trinajstić information content (AvgIpc) is 3.25. The quantitative estimate of drug-likeness (QED) is 0.334. The highest BCUT2D eigenvalue weighted by Crippen LogP contribution is 2.30. The minimum absolute atomic E-state index is 0.244. The van der Waals surface area contributed by atoms with E-state index < -0.39 is 5.76 Å². The Balaban J connectivity index is 0.00000167. The van der Waals surface area contributed by atoms with Crippen molar-refractivity contribution in [2.45, 2.75) is 53.4 Å². The van der Waals surface area contributed by atoms with E-state index in [-0.39, 0.29) is 11.7 Å². The van der Waals surface area contributed by atoms with Crippen molar-refractivity contribution < 1.29 is 13.6 Å². The molecule has 1 atom stereocenters. The van der Waals surface area contributed by atoms with Crippen LogP contribution in [0.2, 0.25) is 0 Å². The summed E-state index contributed by atoms with van der Waals surface area (Å²) in [7, 11) is 0. The maximum absolute atomic E-state index is 13.4. The van der Waals surface area contributed by atoms with E-state index in [0.29, 0.717) is 35.5 Å². The van der Waals surface area contributed by atoms with Crippen LogP contribution in [0.15, 0.2) is 57.7 Å². The molecule has 4 rings (SSSR count). The number of halogens is 1. The maximum atomic E-state index is 13.4. The minimum atomic E-state index is -0.554. The molecule has 6 nitrogen and oxygen atoms in total. The lowest BCUT2D eigenvalue weighted by Crippen LogP contribution is -2.26. The molecule has 0 spiro atoms. The average molecular weight is 478 g/mol. The lowest BCUT2D eigenvalue weighted by molar-refractivity contribution is 0.0954. The maximum Gasteiger partial charge on any atom is 0.417 e. The third-order valence-corrected chi connectivity index (χ3v) is 5.97. The second-order valence-electron chi connectivity index (χ2n) is 8.22. The SMILES string of the molecule is CC.CCC(C)c1cc(CCNC(=O)c2ccc3oc(=O)[nH]c3c2)nc(-c2ccc(F)cc2)c1C. The molecule has 0 aliphatic rings. The molecule has 2 aromatic carbocycles. The zero-order valence-corrected chi connectivity index (χ0v) is 20.9. The van der Waals surface area contributed by atoms with Crippen LogP contribution in [0.5, 0.6) is 0 Å². The second kappa shape index (κ2) is 11.6. The third-order valence-electron chi connectivity index (χ3n) is 5.97. The number of aromatic nitrogens is 2. The predicted molar refractivity (Wildman–Crippen MR) is 137 cm³/mol. The zero-order chi connectivity index (χ0) is 25.5. The van der Waals surface area contributed by atoms with Crippen molar-refractivity contribution in [2.24, 2.45) is 0 Å². The summed E-state index contributed by atoms with van der Waals surface area (Å²) in [4.78, 5) is 31.3. The Hall–Kier alpha value is -3.74. The molecule has 184 valence electrons. The first-order chi connectivity index (χ1) is 16.9. The summed E-state index contributed by atoms with van der Waals surface area (Å²) in [6, 6.07) is 13.3. The van der Waals surface area contributed by atoms with Gasteiger partial charge in [0.05, 0.1) is 11.2 Å². The smallest absolute Gasteiger partial charge is 0.408 e. The van der Waals surface area contributed by atoms with E-state index in [9.17, 15) is 14.0 Å². The van der Waals surface area contributed by atoms with Crippen molar-refractivity contribution >= 4 is 17.0 Å². The summed E-state index contributed by atoms with van der Waals surface area (Å²) < 4.78 is 18.4. The molecule has 2 heterocycles. The predicted octanol–water partition coefficient (Wildman–Crippen LogP) is 6.14. The standard InChI is InChI=1S/C26H26FN3O3.C2H6/c1-4-15(2)21-14-20(29-24(16(21)3)17-5-8-19(27)9-6-17)11-12-28-25(31)18-7-10-23-22(13-18)30-26(32)33-23;1-2/h5-10,13-15H,4,11-12H2,1-3H3,(H,28,31)(H,30,32);1-2H3. The highest BCUT2D eigenvalue weighted by Gasteiger charge is 2.15. The van der Waals surface area contributed by atoms with E-state index >= 15 is 0 Å². The van der Waals surface area contributed by atoms with E-state index in [1.54, 1.807) is 30.3 Å². The van der Waals surface area contributed by atoms with Crippen LogP contribution in [-0.2, 0) is 6.42 Å². The molecule has 1 amide bonds. The Morgan fingerprint density at radius 3 is 2.54 bits per heavy atom. The molecular weight excluding hydrogens is 445 g/mol. The summed E-state index contributed by atoms with van der Waals surface area (Å²) in [5.41, 5.74) is 6.19. The van der Waals surface area contributed by atoms with Crippen molar-refractivity contribution in [3.05, 3.63) is 87.3 Å². The fourth-order valence-corrected chi connectivity index (χ4v) is 3.93. The van der Waals surface area contributed by atoms with E-state index in [1.165, 1.54) is 17.7 Å². The molecule has 0 fully saturated rings. The number of benzene rings is 2. The number of fused-ring (bicyclic) bond motifs is 1. The molecule has 0 aliphatic heterocycles. The molecular formula is C28H32FN3O3. The van der Waals surface area contributed by atoms with Crippen LogP contribution in [0, 0.1) is 12.7 Å². The molecule has 7 heteroatoms. The second-order valence-corrected chi connectivity index (χ2v) is 8.22. The number of H-pyrrole nitrogens is 1. The first-order valence-electron chi connectivity index (χ1n) is 12.0. The van der Waals surface area contributed by atoms with Gasteiger partial charge >= 0.3 is 5.76 Å². The van der Waals surface area contributed by atoms with Gasteiger partial charge in [-0.1, -0.05) is 27.7 Å². The van der Waals surface area contributed by atoms with Gasteiger partial charge in [0.15, 0.2) is 5.58 Å². The highest BCUT2D eigenvalue weighted by atomic mass is 19.1. The number of aromatic amines is 1. The van der Waals surface area contributed by atoms with E-state index in [2.05, 4.69) is 37.1 Å². The molecule has 0 saturated carbocycles. The molecule has 2 N–H and O–H groups in total. The Morgan fingerprint density at radius 2 is 1.86 bits per heavy atom. The number of carbonyl (C=O) groups excluding carboxylic acids is 1. The lowest BCUT2D eigenvalue weighted by atomic mass is 9.91. The zero-order valence-electron chi connectivity index (χ0n) is 20.9. The van der Waals surface area contributed by atoms with Crippen molar-refractivity contribution in [3.63, 3.8) is 0 Å². The van der Waals surface area contributed by atoms with Crippen LogP contribution < -0.4 is 11.1 Å². The van der Waals surface area contributed by atoms with Crippen molar-refractivity contribution in [1.82, 2.24) is 15.3 Å². The van der Waals surface area contributed by atoms with Gasteiger partial charge in [0, 0.05) is 29.8 Å². The van der Waals surface area contributed by atoms with Crippen LogP contribution in [-0.4, -0.2) is 22.4 Å². The number of carbonyl (C=O) groups is 1. The summed E-state index contributed by atoms with van der Waals surface area (Å²) in [5, 5.41) is 2.91. The van der Waals surface area contributed by atoms with E-state index in [1.807, 2.05) is 13.8 Å². The van der Waals surface area contributed by atoms with Gasteiger partial charge in [-0.15, -0.1) is 0 Å². The molecule has 4 aromatic rings. The topological polar surface area (TPSA) is 88.0 Å². The summed E-state index contributed by atoms with van der Waals surface area (Å²) >= 11 is 0. The fraction of sp³-hybridized carbons (Fsp3) is 0.321. The highest BCUT2D eigenvalue weighted by molar-refractivity contribution is 5.97. The van der Waals surface area contributed by atoms with Crippen LogP contribution in [0.3, 0.4) is 0 Å². The van der Waals surface area contributed by atoms with Crippen LogP contribution in [0.1, 0.15) is 67.2 Å². The van der Waals surface area contributed by atoms with Crippen LogP contribution >= 0.6 is 0 Å². The van der Waals surface area contributed by atoms with Crippen molar-refractivity contribution in [2.75, 3.05) is 6.54 Å². The number of hydrogen-bond donors (Lipinski definition) is 2. The van der Waals surface area contributed by atoms with Gasteiger partial charge in [0.25, 0.3) is 5.91 Å². The summed E-state index contributed by atoms with van der Waals surface area (Å²) in [5.74, 6) is -0.728. The Morgan fingerprint density at radius 1 is 1.14 bits per heavy atom. The lowest BCUT2D eigenvalue weighted by Gasteiger charge is -2.18. The van der Waals surface area contributed by atoms with Gasteiger partial charge in [-0.3, -0.25) is 14.8 Å². The first-order valence-corrected chi connectivity index (χ1v) is 12.0. The third kappa shape index (κ3) is 6.04. The van der Waals surface area contributed by atoms with Crippen LogP contribution in [0.4, 0.5) is 4.39 Å². The normalized spacial score (nSPS) is 11.6. The molecule has 35 heavy (non-hydrogen) atoms. The van der Waals surface area contributed by atoms with E-state index in [4.69, 9.17) is 9.40 Å². The van der Waals surface area contributed by atoms with Gasteiger partial charge in [0.2, 0.25) is 0 Å². The largest absolute Gasteiger partial charge is 0.417 e. The fourth-order valence-electron chi connectivity index (χ4n) is 3.93. The Kier molecular flexibility index (Phi) is 8.58. The monoisotopic (exact) mass is 477 g/mol. The van der Waals surface area contributed by atoms with Gasteiger partial charge in [-0.05, 0) is 78.9 Å². The molecule has 2 aromatic heterocycles. The van der Waals surface area contributed by atoms with Gasteiger partial charge in [-0.2, -0.15) is 0 Å². The Bertz CT molecular complexity index is 1360. The van der Waals surface area contributed by atoms with E-state index in [0.717, 1.165) is 28.9 Å². The molecule has 0 aliphatic carbocycles. The van der Waals surface area contributed by atoms with Crippen LogP contribution in [0.25, 0.3) is 22.4 Å². The van der Waals surface area contributed by atoms with Gasteiger partial charge < -0.3 is 9.73 Å². The molecule has 0 saturated heterocycles. The number of pyridine rings is 1. The van der Waals surface area contributed by atoms with Crippen molar-refractivity contribution in [3.8, 4) is 11.3 Å². The number of nitrogens with one attached hydrogen (secondary N) is 2. The minimum Gasteiger partial charge on any atom is -0.408 e. The molecule has 0 radical (unpaired) electrons. The number of amides is 1. The first kappa shape index (κ1) is 25.9.